The molecule has 0 aliphatic carbocycles. The van der Waals surface area contributed by atoms with E-state index < -0.39 is 0 Å². The molecule has 0 spiro atoms. The lowest BCUT2D eigenvalue weighted by molar-refractivity contribution is -0.116. The Kier molecular flexibility index (Phi) is 4.20. The molecule has 0 bridgehead atoms. The zero-order valence-electron chi connectivity index (χ0n) is 12.0. The van der Waals surface area contributed by atoms with E-state index >= 15 is 0 Å². The van der Waals surface area contributed by atoms with Crippen LogP contribution >= 0.6 is 11.3 Å². The van der Waals surface area contributed by atoms with Crippen LogP contribution in [0.1, 0.15) is 11.5 Å². The number of carbonyl (C=O) groups is 1. The molecular weight excluding hydrogens is 298 g/mol. The lowest BCUT2D eigenvalue weighted by atomic mass is 10.3. The van der Waals surface area contributed by atoms with Crippen molar-refractivity contribution in [3.05, 3.63) is 59.5 Å². The summed E-state index contributed by atoms with van der Waals surface area (Å²) in [5.41, 5.74) is 1.87. The van der Waals surface area contributed by atoms with E-state index in [0.29, 0.717) is 12.3 Å². The third-order valence-electron chi connectivity index (χ3n) is 3.14. The van der Waals surface area contributed by atoms with Gasteiger partial charge in [0.15, 0.2) is 0 Å². The number of carbonyl (C=O) groups excluding carboxylic acids is 1. The zero-order valence-corrected chi connectivity index (χ0v) is 12.8. The lowest BCUT2D eigenvalue weighted by Gasteiger charge is -2.02. The summed E-state index contributed by atoms with van der Waals surface area (Å²) in [6.07, 6.45) is 4.66. The van der Waals surface area contributed by atoms with Gasteiger partial charge in [0.1, 0.15) is 11.5 Å². The van der Waals surface area contributed by atoms with Crippen LogP contribution in [0.5, 0.6) is 0 Å². The summed E-state index contributed by atoms with van der Waals surface area (Å²) in [6.45, 7) is 0.427. The van der Waals surface area contributed by atoms with Crippen LogP contribution < -0.4 is 5.32 Å². The number of hydrogen-bond acceptors (Lipinski definition) is 4. The summed E-state index contributed by atoms with van der Waals surface area (Å²) in [4.78, 5) is 12.9. The van der Waals surface area contributed by atoms with Crippen molar-refractivity contribution in [3.63, 3.8) is 0 Å². The molecular formula is C16H15N3O2S. The number of aromatic nitrogens is 2. The summed E-state index contributed by atoms with van der Waals surface area (Å²) in [6, 6.07) is 9.58. The van der Waals surface area contributed by atoms with Gasteiger partial charge in [0.2, 0.25) is 5.91 Å². The Bertz CT molecular complexity index is 771. The fourth-order valence-corrected chi connectivity index (χ4v) is 2.68. The van der Waals surface area contributed by atoms with Gasteiger partial charge in [-0.3, -0.25) is 9.48 Å². The van der Waals surface area contributed by atoms with Gasteiger partial charge in [-0.15, -0.1) is 11.3 Å². The van der Waals surface area contributed by atoms with Gasteiger partial charge in [0, 0.05) is 13.1 Å². The van der Waals surface area contributed by atoms with E-state index in [1.807, 2.05) is 30.6 Å². The first-order chi connectivity index (χ1) is 10.7. The van der Waals surface area contributed by atoms with Crippen molar-refractivity contribution >= 4 is 23.3 Å². The molecule has 0 radical (unpaired) electrons. The van der Waals surface area contributed by atoms with E-state index in [0.717, 1.165) is 16.3 Å². The molecule has 112 valence electrons. The average Bonchev–Trinajstić information content (AvgIpc) is 3.24. The Balaban J connectivity index is 1.61. The molecule has 22 heavy (non-hydrogen) atoms. The first kappa shape index (κ1) is 14.3. The number of hydrogen-bond donors (Lipinski definition) is 1. The largest absolute Gasteiger partial charge is 0.465 e. The highest BCUT2D eigenvalue weighted by atomic mass is 32.1. The molecule has 6 heteroatoms. The minimum Gasteiger partial charge on any atom is -0.465 e. The molecule has 0 fully saturated rings. The predicted octanol–water partition coefficient (Wildman–Crippen LogP) is 3.07. The highest BCUT2D eigenvalue weighted by Crippen LogP contribution is 2.23. The van der Waals surface area contributed by atoms with Gasteiger partial charge in [-0.1, -0.05) is 6.07 Å². The minimum absolute atomic E-state index is 0.171. The van der Waals surface area contributed by atoms with E-state index in [4.69, 9.17) is 4.42 Å². The van der Waals surface area contributed by atoms with Gasteiger partial charge in [-0.05, 0) is 35.7 Å². The molecule has 0 atom stereocenters. The summed E-state index contributed by atoms with van der Waals surface area (Å²) in [7, 11) is 1.87. The highest BCUT2D eigenvalue weighted by molar-refractivity contribution is 7.13. The van der Waals surface area contributed by atoms with Crippen LogP contribution in [0, 0.1) is 0 Å². The molecule has 3 aromatic rings. The normalized spacial score (nSPS) is 11.1. The van der Waals surface area contributed by atoms with Crippen molar-refractivity contribution in [1.29, 1.82) is 0 Å². The molecule has 0 unspecified atom stereocenters. The van der Waals surface area contributed by atoms with E-state index in [1.54, 1.807) is 40.5 Å². The maximum atomic E-state index is 11.8. The average molecular weight is 313 g/mol. The zero-order chi connectivity index (χ0) is 15.4. The molecule has 0 aromatic carbocycles. The second-order valence-corrected chi connectivity index (χ2v) is 5.64. The molecule has 0 aliphatic rings. The molecule has 3 heterocycles. The first-order valence-electron chi connectivity index (χ1n) is 6.78. The molecule has 5 nitrogen and oxygen atoms in total. The molecule has 0 saturated heterocycles. The van der Waals surface area contributed by atoms with Crippen molar-refractivity contribution in [2.45, 2.75) is 6.54 Å². The third kappa shape index (κ3) is 3.35. The second kappa shape index (κ2) is 6.44. The smallest absolute Gasteiger partial charge is 0.244 e. The summed E-state index contributed by atoms with van der Waals surface area (Å²) < 4.78 is 6.91. The first-order valence-corrected chi connectivity index (χ1v) is 7.66. The molecule has 3 rings (SSSR count). The Morgan fingerprint density at radius 3 is 3.09 bits per heavy atom. The maximum absolute atomic E-state index is 11.8. The number of thiophene rings is 1. The van der Waals surface area contributed by atoms with Crippen LogP contribution in [0.2, 0.25) is 0 Å². The van der Waals surface area contributed by atoms with Crippen molar-refractivity contribution in [3.8, 4) is 10.6 Å². The number of furan rings is 1. The van der Waals surface area contributed by atoms with Gasteiger partial charge in [-0.2, -0.15) is 5.10 Å². The van der Waals surface area contributed by atoms with Gasteiger partial charge in [-0.25, -0.2) is 0 Å². The highest BCUT2D eigenvalue weighted by Gasteiger charge is 2.08. The van der Waals surface area contributed by atoms with Crippen molar-refractivity contribution in [2.75, 3.05) is 0 Å². The van der Waals surface area contributed by atoms with E-state index in [2.05, 4.69) is 10.4 Å². The number of nitrogens with one attached hydrogen (secondary N) is 1. The standard InChI is InChI=1S/C16H15N3O2S/c1-19-12(10-14(18-19)15-5-3-9-22-15)11-17-16(20)7-6-13-4-2-8-21-13/h2-10H,11H2,1H3,(H,17,20)/b7-6+. The summed E-state index contributed by atoms with van der Waals surface area (Å²) in [5, 5.41) is 9.32. The van der Waals surface area contributed by atoms with Gasteiger partial charge < -0.3 is 9.73 Å². The summed E-state index contributed by atoms with van der Waals surface area (Å²) >= 11 is 1.64. The fourth-order valence-electron chi connectivity index (χ4n) is 2.00. The van der Waals surface area contributed by atoms with Crippen LogP contribution in [-0.2, 0) is 18.4 Å². The molecule has 1 amide bonds. The molecule has 1 N–H and O–H groups in total. The predicted molar refractivity (Wildman–Crippen MR) is 86.1 cm³/mol. The second-order valence-electron chi connectivity index (χ2n) is 4.69. The van der Waals surface area contributed by atoms with E-state index in [-0.39, 0.29) is 5.91 Å². The Labute approximate surface area is 131 Å². The third-order valence-corrected chi connectivity index (χ3v) is 4.03. The summed E-state index contributed by atoms with van der Waals surface area (Å²) in [5.74, 6) is 0.478. The van der Waals surface area contributed by atoms with Crippen LogP contribution in [0.4, 0.5) is 0 Å². The van der Waals surface area contributed by atoms with Crippen LogP contribution in [0.25, 0.3) is 16.6 Å². The molecule has 3 aromatic heterocycles. The molecule has 0 aliphatic heterocycles. The van der Waals surface area contributed by atoms with E-state index in [1.165, 1.54) is 6.08 Å². The Morgan fingerprint density at radius 1 is 1.45 bits per heavy atom. The van der Waals surface area contributed by atoms with Crippen molar-refractivity contribution < 1.29 is 9.21 Å². The van der Waals surface area contributed by atoms with Gasteiger partial charge in [0.05, 0.1) is 23.4 Å². The topological polar surface area (TPSA) is 60.1 Å². The number of aryl methyl sites for hydroxylation is 1. The monoisotopic (exact) mass is 313 g/mol. The number of amides is 1. The maximum Gasteiger partial charge on any atom is 0.244 e. The van der Waals surface area contributed by atoms with Gasteiger partial charge >= 0.3 is 0 Å². The van der Waals surface area contributed by atoms with Crippen LogP contribution in [-0.4, -0.2) is 15.7 Å². The minimum atomic E-state index is -0.171. The Hall–Kier alpha value is -2.60. The van der Waals surface area contributed by atoms with Gasteiger partial charge in [0.25, 0.3) is 0 Å². The number of nitrogens with zero attached hydrogens (tertiary/aromatic N) is 2. The fraction of sp³-hybridized carbons (Fsp3) is 0.125. The SMILES string of the molecule is Cn1nc(-c2cccs2)cc1CNC(=O)/C=C/c1ccco1. The van der Waals surface area contributed by atoms with Crippen LogP contribution in [0.15, 0.2) is 52.5 Å². The lowest BCUT2D eigenvalue weighted by Crippen LogP contribution is -2.21. The number of rotatable bonds is 5. The quantitative estimate of drug-likeness (QED) is 0.736. The molecule has 0 saturated carbocycles. The van der Waals surface area contributed by atoms with Crippen molar-refractivity contribution in [1.82, 2.24) is 15.1 Å². The van der Waals surface area contributed by atoms with Crippen LogP contribution in [0.3, 0.4) is 0 Å². The van der Waals surface area contributed by atoms with E-state index in [9.17, 15) is 4.79 Å². The van der Waals surface area contributed by atoms with Crippen molar-refractivity contribution in [2.24, 2.45) is 7.05 Å². The Morgan fingerprint density at radius 2 is 2.36 bits per heavy atom.